The first kappa shape index (κ1) is 19.5. The fraction of sp³-hybridized carbons (Fsp3) is 0.391. The van der Waals surface area contributed by atoms with E-state index in [0.29, 0.717) is 12.5 Å². The lowest BCUT2D eigenvalue weighted by molar-refractivity contribution is 0.243. The lowest BCUT2D eigenvalue weighted by Crippen LogP contribution is -2.44. The van der Waals surface area contributed by atoms with E-state index in [1.165, 1.54) is 5.56 Å². The summed E-state index contributed by atoms with van der Waals surface area (Å²) in [7, 11) is 2.15. The van der Waals surface area contributed by atoms with E-state index in [-0.39, 0.29) is 6.03 Å². The van der Waals surface area contributed by atoms with Gasteiger partial charge in [-0.25, -0.2) is 9.78 Å². The smallest absolute Gasteiger partial charge is 0.327 e. The fourth-order valence-electron chi connectivity index (χ4n) is 3.92. The van der Waals surface area contributed by atoms with Crippen LogP contribution in [0.1, 0.15) is 24.8 Å². The number of nitrogens with zero attached hydrogens (tertiary/aromatic N) is 4. The van der Waals surface area contributed by atoms with Gasteiger partial charge in [0.1, 0.15) is 11.8 Å². The molecule has 1 aliphatic rings. The second kappa shape index (κ2) is 8.66. The Hall–Kier alpha value is -2.86. The molecule has 0 saturated carbocycles. The molecular weight excluding hydrogens is 362 g/mol. The number of hydrogen-bond acceptors (Lipinski definition) is 4. The molecule has 0 unspecified atom stereocenters. The summed E-state index contributed by atoms with van der Waals surface area (Å²) < 4.78 is 1.63. The molecule has 1 atom stereocenters. The average Bonchev–Trinajstić information content (AvgIpc) is 3.19. The summed E-state index contributed by atoms with van der Waals surface area (Å²) >= 11 is 0. The van der Waals surface area contributed by atoms with E-state index in [0.717, 1.165) is 49.3 Å². The highest BCUT2D eigenvalue weighted by Gasteiger charge is 2.19. The zero-order valence-corrected chi connectivity index (χ0v) is 17.2. The van der Waals surface area contributed by atoms with Gasteiger partial charge in [0.25, 0.3) is 0 Å². The molecule has 0 aliphatic carbocycles. The Morgan fingerprint density at radius 3 is 2.59 bits per heavy atom. The van der Waals surface area contributed by atoms with Crippen molar-refractivity contribution in [3.8, 4) is 0 Å². The number of piperazine rings is 1. The van der Waals surface area contributed by atoms with E-state index in [1.54, 1.807) is 10.9 Å². The zero-order valence-electron chi connectivity index (χ0n) is 17.2. The molecule has 2 aromatic carbocycles. The molecule has 6 heteroatoms. The van der Waals surface area contributed by atoms with Gasteiger partial charge in [-0.3, -0.25) is 4.57 Å². The summed E-state index contributed by atoms with van der Waals surface area (Å²) in [6.07, 6.45) is 2.54. The summed E-state index contributed by atoms with van der Waals surface area (Å²) in [5.41, 5.74) is 4.16. The van der Waals surface area contributed by atoms with Crippen molar-refractivity contribution in [3.63, 3.8) is 0 Å². The third-order valence-corrected chi connectivity index (χ3v) is 5.84. The van der Waals surface area contributed by atoms with Gasteiger partial charge in [-0.15, -0.1) is 0 Å². The number of nitrogens with one attached hydrogen (secondary N) is 1. The molecule has 4 rings (SSSR count). The van der Waals surface area contributed by atoms with Crippen molar-refractivity contribution in [1.29, 1.82) is 0 Å². The maximum absolute atomic E-state index is 12.8. The highest BCUT2D eigenvalue weighted by molar-refractivity contribution is 5.95. The lowest BCUT2D eigenvalue weighted by atomic mass is 9.98. The van der Waals surface area contributed by atoms with Gasteiger partial charge < -0.3 is 15.1 Å². The lowest BCUT2D eigenvalue weighted by Gasteiger charge is -2.34. The summed E-state index contributed by atoms with van der Waals surface area (Å²) in [6.45, 7) is 6.86. The molecule has 0 radical (unpaired) electrons. The summed E-state index contributed by atoms with van der Waals surface area (Å²) in [5.74, 6) is 0.403. The van der Waals surface area contributed by atoms with Crippen molar-refractivity contribution in [1.82, 2.24) is 19.8 Å². The molecule has 3 aromatic rings. The summed E-state index contributed by atoms with van der Waals surface area (Å²) in [6, 6.07) is 16.4. The van der Waals surface area contributed by atoms with Crippen LogP contribution in [0.2, 0.25) is 0 Å². The van der Waals surface area contributed by atoms with E-state index in [9.17, 15) is 4.79 Å². The molecule has 1 amide bonds. The molecular formula is C23H29N5O. The Morgan fingerprint density at radius 2 is 1.83 bits per heavy atom. The van der Waals surface area contributed by atoms with Gasteiger partial charge >= 0.3 is 6.03 Å². The van der Waals surface area contributed by atoms with Crippen LogP contribution in [0, 0.1) is 0 Å². The molecule has 1 N–H and O–H groups in total. The van der Waals surface area contributed by atoms with Crippen LogP contribution in [0.3, 0.4) is 0 Å². The minimum Gasteiger partial charge on any atom is -0.367 e. The first-order valence-electron chi connectivity index (χ1n) is 10.4. The number of rotatable bonds is 5. The number of amides is 1. The van der Waals surface area contributed by atoms with Gasteiger partial charge in [0.15, 0.2) is 0 Å². The van der Waals surface area contributed by atoms with Crippen LogP contribution >= 0.6 is 0 Å². The molecule has 1 aliphatic heterocycles. The van der Waals surface area contributed by atoms with Crippen LogP contribution in [0.5, 0.6) is 0 Å². The maximum atomic E-state index is 12.8. The molecule has 2 heterocycles. The molecule has 152 valence electrons. The second-order valence-electron chi connectivity index (χ2n) is 7.88. The predicted molar refractivity (Wildman–Crippen MR) is 118 cm³/mol. The van der Waals surface area contributed by atoms with Gasteiger partial charge in [0.2, 0.25) is 0 Å². The Balaban J connectivity index is 1.42. The van der Waals surface area contributed by atoms with Crippen molar-refractivity contribution in [2.75, 3.05) is 44.7 Å². The number of aromatic nitrogens is 2. The van der Waals surface area contributed by atoms with Crippen molar-refractivity contribution in [2.24, 2.45) is 0 Å². The molecule has 6 nitrogen and oxygen atoms in total. The first-order valence-corrected chi connectivity index (χ1v) is 10.4. The SMILES string of the molecule is C[C@H](CCNC(=O)n1cnc2c(N3CCN(C)CC3)cccc21)c1ccccc1. The molecule has 0 bridgehead atoms. The molecule has 1 saturated heterocycles. The van der Waals surface area contributed by atoms with Crippen LogP contribution in [-0.4, -0.2) is 60.3 Å². The van der Waals surface area contributed by atoms with Gasteiger partial charge in [-0.05, 0) is 37.1 Å². The van der Waals surface area contributed by atoms with Crippen molar-refractivity contribution in [2.45, 2.75) is 19.3 Å². The van der Waals surface area contributed by atoms with Crippen LogP contribution < -0.4 is 10.2 Å². The van der Waals surface area contributed by atoms with E-state index in [2.05, 4.69) is 64.4 Å². The quantitative estimate of drug-likeness (QED) is 0.723. The number of para-hydroxylation sites is 1. The highest BCUT2D eigenvalue weighted by Crippen LogP contribution is 2.26. The number of imidazole rings is 1. The number of carbonyl (C=O) groups excluding carboxylic acids is 1. The highest BCUT2D eigenvalue weighted by atomic mass is 16.2. The zero-order chi connectivity index (χ0) is 20.2. The minimum absolute atomic E-state index is 0.122. The standard InChI is InChI=1S/C23H29N5O/c1-18(19-7-4-3-5-8-19)11-12-24-23(29)28-17-25-22-20(9-6-10-21(22)28)27-15-13-26(2)14-16-27/h3-10,17-18H,11-16H2,1-2H3,(H,24,29)/t18-/m1/s1. The topological polar surface area (TPSA) is 53.4 Å². The molecule has 1 aromatic heterocycles. The minimum atomic E-state index is -0.122. The number of hydrogen-bond donors (Lipinski definition) is 1. The third-order valence-electron chi connectivity index (χ3n) is 5.84. The van der Waals surface area contributed by atoms with E-state index in [1.807, 2.05) is 18.2 Å². The monoisotopic (exact) mass is 391 g/mol. The predicted octanol–water partition coefficient (Wildman–Crippen LogP) is 3.54. The number of anilines is 1. The number of fused-ring (bicyclic) bond motifs is 1. The van der Waals surface area contributed by atoms with Crippen LogP contribution in [0.4, 0.5) is 10.5 Å². The van der Waals surface area contributed by atoms with Crippen molar-refractivity contribution in [3.05, 3.63) is 60.4 Å². The Labute approximate surface area is 172 Å². The van der Waals surface area contributed by atoms with E-state index < -0.39 is 0 Å². The molecule has 1 fully saturated rings. The van der Waals surface area contributed by atoms with Crippen LogP contribution in [0.15, 0.2) is 54.9 Å². The Bertz CT molecular complexity index is 960. The van der Waals surface area contributed by atoms with E-state index >= 15 is 0 Å². The second-order valence-corrected chi connectivity index (χ2v) is 7.88. The van der Waals surface area contributed by atoms with Crippen molar-refractivity contribution >= 4 is 22.8 Å². The van der Waals surface area contributed by atoms with Gasteiger partial charge in [0.05, 0.1) is 11.2 Å². The average molecular weight is 392 g/mol. The van der Waals surface area contributed by atoms with Crippen molar-refractivity contribution < 1.29 is 4.79 Å². The Kier molecular flexibility index (Phi) is 5.81. The summed E-state index contributed by atoms with van der Waals surface area (Å²) in [5, 5.41) is 3.05. The molecule has 0 spiro atoms. The van der Waals surface area contributed by atoms with Gasteiger partial charge in [-0.1, -0.05) is 43.3 Å². The largest absolute Gasteiger partial charge is 0.367 e. The molecule has 29 heavy (non-hydrogen) atoms. The van der Waals surface area contributed by atoms with Gasteiger partial charge in [-0.2, -0.15) is 0 Å². The third kappa shape index (κ3) is 4.27. The van der Waals surface area contributed by atoms with Crippen LogP contribution in [-0.2, 0) is 0 Å². The maximum Gasteiger partial charge on any atom is 0.327 e. The van der Waals surface area contributed by atoms with Gasteiger partial charge in [0, 0.05) is 32.7 Å². The first-order chi connectivity index (χ1) is 14.1. The normalized spacial score (nSPS) is 16.1. The van der Waals surface area contributed by atoms with E-state index in [4.69, 9.17) is 0 Å². The number of benzene rings is 2. The Morgan fingerprint density at radius 1 is 1.07 bits per heavy atom. The number of likely N-dealkylation sites (N-methyl/N-ethyl adjacent to an activating group) is 1. The fourth-order valence-corrected chi connectivity index (χ4v) is 3.92. The number of carbonyl (C=O) groups is 1. The summed E-state index contributed by atoms with van der Waals surface area (Å²) in [4.78, 5) is 22.0. The van der Waals surface area contributed by atoms with Crippen LogP contribution in [0.25, 0.3) is 11.0 Å².